The molecule has 0 bridgehead atoms. The lowest BCUT2D eigenvalue weighted by atomic mass is 9.97. The molecular formula is C28H34Cl2N4O. The summed E-state index contributed by atoms with van der Waals surface area (Å²) in [5.74, 6) is 1.20. The third-order valence-electron chi connectivity index (χ3n) is 5.45. The molecule has 35 heavy (non-hydrogen) atoms. The second-order valence-corrected chi connectivity index (χ2v) is 9.30. The zero-order chi connectivity index (χ0) is 25.8. The highest BCUT2D eigenvalue weighted by Gasteiger charge is 2.12. The summed E-state index contributed by atoms with van der Waals surface area (Å²) in [7, 11) is 1.83. The highest BCUT2D eigenvalue weighted by molar-refractivity contribution is 6.28. The number of rotatable bonds is 12. The maximum atomic E-state index is 11.5. The molecule has 2 aromatic rings. The Balaban J connectivity index is 2.64. The minimum atomic E-state index is 0.303. The molecule has 0 unspecified atom stereocenters. The summed E-state index contributed by atoms with van der Waals surface area (Å²) >= 11 is 11.9. The number of aldehydes is 1. The Morgan fingerprint density at radius 1 is 1.17 bits per heavy atom. The summed E-state index contributed by atoms with van der Waals surface area (Å²) in [6.07, 6.45) is 10.5. The minimum absolute atomic E-state index is 0.303. The van der Waals surface area contributed by atoms with Crippen LogP contribution >= 0.6 is 23.2 Å². The van der Waals surface area contributed by atoms with E-state index in [0.29, 0.717) is 48.1 Å². The molecule has 0 saturated heterocycles. The van der Waals surface area contributed by atoms with Crippen LogP contribution in [0.2, 0.25) is 0 Å². The van der Waals surface area contributed by atoms with Crippen LogP contribution < -0.4 is 5.49 Å². The van der Waals surface area contributed by atoms with E-state index < -0.39 is 0 Å². The Kier molecular flexibility index (Phi) is 11.9. The van der Waals surface area contributed by atoms with E-state index in [1.165, 1.54) is 0 Å². The van der Waals surface area contributed by atoms with Crippen molar-refractivity contribution in [2.24, 2.45) is 23.2 Å². The van der Waals surface area contributed by atoms with E-state index in [1.807, 2.05) is 39.2 Å². The van der Waals surface area contributed by atoms with Gasteiger partial charge in [0.15, 0.2) is 11.8 Å². The number of hydrogen-bond acceptors (Lipinski definition) is 4. The summed E-state index contributed by atoms with van der Waals surface area (Å²) in [5, 5.41) is 13.3. The van der Waals surface area contributed by atoms with Crippen molar-refractivity contribution in [1.82, 2.24) is 9.78 Å². The van der Waals surface area contributed by atoms with Gasteiger partial charge in [0.25, 0.3) is 0 Å². The number of aryl methyl sites for hydroxylation is 1. The van der Waals surface area contributed by atoms with Gasteiger partial charge in [0.05, 0.1) is 6.20 Å². The summed E-state index contributed by atoms with van der Waals surface area (Å²) in [5.41, 5.74) is 7.21. The summed E-state index contributed by atoms with van der Waals surface area (Å²) in [6.45, 7) is 9.94. The maximum absolute atomic E-state index is 11.5. The number of hydrogen-bond donors (Lipinski definition) is 0. The number of allylic oxidation sites excluding steroid dienone is 5. The second-order valence-electron chi connectivity index (χ2n) is 8.77. The van der Waals surface area contributed by atoms with Crippen LogP contribution in [-0.4, -0.2) is 27.7 Å². The zero-order valence-corrected chi connectivity index (χ0v) is 22.5. The largest absolute Gasteiger partial charge is 0.296 e. The van der Waals surface area contributed by atoms with Gasteiger partial charge in [0.2, 0.25) is 0 Å². The Morgan fingerprint density at radius 2 is 1.86 bits per heavy atom. The van der Waals surface area contributed by atoms with Crippen LogP contribution in [0.1, 0.15) is 55.9 Å². The number of benzene rings is 1. The molecular weight excluding hydrogens is 479 g/mol. The van der Waals surface area contributed by atoms with Gasteiger partial charge in [0.1, 0.15) is 5.71 Å². The van der Waals surface area contributed by atoms with Gasteiger partial charge in [-0.3, -0.25) is 4.79 Å². The molecule has 186 valence electrons. The molecule has 1 aromatic heterocycles. The van der Waals surface area contributed by atoms with Gasteiger partial charge in [-0.15, -0.1) is 28.3 Å². The molecule has 1 aromatic carbocycles. The molecule has 0 saturated carbocycles. The van der Waals surface area contributed by atoms with Crippen LogP contribution in [0.3, 0.4) is 0 Å². The third kappa shape index (κ3) is 8.75. The van der Waals surface area contributed by atoms with Crippen LogP contribution in [0.5, 0.6) is 0 Å². The Hall–Kier alpha value is -2.76. The average molecular weight is 514 g/mol. The smallest absolute Gasteiger partial charge is 0.179 e. The van der Waals surface area contributed by atoms with Gasteiger partial charge in [0, 0.05) is 24.4 Å². The fourth-order valence-electron chi connectivity index (χ4n) is 3.55. The predicted molar refractivity (Wildman–Crippen MR) is 148 cm³/mol. The molecule has 2 rings (SSSR count). The lowest BCUT2D eigenvalue weighted by molar-refractivity contribution is -0.102. The van der Waals surface area contributed by atoms with Crippen molar-refractivity contribution in [2.45, 2.75) is 45.9 Å². The fraction of sp³-hybridized carbons (Fsp3) is 0.357. The maximum Gasteiger partial charge on any atom is 0.179 e. The summed E-state index contributed by atoms with van der Waals surface area (Å²) < 4.78 is 1.69. The first-order chi connectivity index (χ1) is 16.8. The molecule has 0 aliphatic rings. The quantitative estimate of drug-likeness (QED) is 0.108. The SMILES string of the molecule is C=CC(=CC/C=C(\C)c1c(Cc2ccc(CCl)cc2)cnn(C)/c1=N\N=C(/C=O)CC(C)C)CCl. The number of alkyl halides is 2. The minimum Gasteiger partial charge on any atom is -0.296 e. The van der Waals surface area contributed by atoms with E-state index in [4.69, 9.17) is 23.2 Å². The molecule has 0 N–H and O–H groups in total. The van der Waals surface area contributed by atoms with Crippen molar-refractivity contribution < 1.29 is 4.79 Å². The zero-order valence-electron chi connectivity index (χ0n) is 21.0. The van der Waals surface area contributed by atoms with E-state index in [1.54, 1.807) is 10.8 Å². The van der Waals surface area contributed by atoms with Gasteiger partial charge in [-0.05, 0) is 59.9 Å². The normalized spacial score (nSPS) is 13.5. The molecule has 0 fully saturated rings. The molecule has 0 amide bonds. The van der Waals surface area contributed by atoms with Crippen LogP contribution in [0, 0.1) is 5.92 Å². The molecule has 0 aliphatic heterocycles. The highest BCUT2D eigenvalue weighted by Crippen LogP contribution is 2.20. The van der Waals surface area contributed by atoms with Crippen molar-refractivity contribution in [3.05, 3.63) is 88.6 Å². The van der Waals surface area contributed by atoms with E-state index in [2.05, 4.69) is 53.1 Å². The monoisotopic (exact) mass is 512 g/mol. The van der Waals surface area contributed by atoms with E-state index in [0.717, 1.165) is 39.7 Å². The Labute approximate surface area is 218 Å². The Bertz CT molecular complexity index is 1170. The van der Waals surface area contributed by atoms with Crippen molar-refractivity contribution in [3.63, 3.8) is 0 Å². The summed E-state index contributed by atoms with van der Waals surface area (Å²) in [4.78, 5) is 11.5. The number of aromatic nitrogens is 2. The average Bonchev–Trinajstić information content (AvgIpc) is 2.85. The van der Waals surface area contributed by atoms with Gasteiger partial charge in [-0.1, -0.05) is 62.9 Å². The van der Waals surface area contributed by atoms with Crippen LogP contribution in [0.15, 0.2) is 71.0 Å². The molecule has 0 aliphatic carbocycles. The fourth-order valence-corrected chi connectivity index (χ4v) is 3.95. The standard InChI is InChI=1S/C28H34Cl2N4O/c1-6-22(16-29)9-7-8-21(4)27-25(15-23-10-12-24(17-30)13-11-23)18-31-34(5)28(27)33-32-26(19-35)14-20(2)3/h6,8-13,18-20H,1,7,14-17H2,2-5H3/b21-8+,22-9?,32-26-,33-28-. The van der Waals surface area contributed by atoms with Crippen LogP contribution in [-0.2, 0) is 24.1 Å². The van der Waals surface area contributed by atoms with Gasteiger partial charge < -0.3 is 0 Å². The molecule has 0 radical (unpaired) electrons. The lowest BCUT2D eigenvalue weighted by Crippen LogP contribution is -2.26. The first kappa shape index (κ1) is 28.5. The predicted octanol–water partition coefficient (Wildman–Crippen LogP) is 6.40. The molecule has 0 spiro atoms. The first-order valence-electron chi connectivity index (χ1n) is 11.6. The van der Waals surface area contributed by atoms with Gasteiger partial charge in [-0.25, -0.2) is 4.68 Å². The third-order valence-corrected chi connectivity index (χ3v) is 6.07. The number of carbonyl (C=O) groups excluding carboxylic acids is 1. The van der Waals surface area contributed by atoms with E-state index >= 15 is 0 Å². The van der Waals surface area contributed by atoms with Crippen LogP contribution in [0.4, 0.5) is 0 Å². The molecule has 0 atom stereocenters. The molecule has 5 nitrogen and oxygen atoms in total. The lowest BCUT2D eigenvalue weighted by Gasteiger charge is -2.13. The van der Waals surface area contributed by atoms with Crippen LogP contribution in [0.25, 0.3) is 5.57 Å². The molecule has 7 heteroatoms. The van der Waals surface area contributed by atoms with E-state index in [-0.39, 0.29) is 0 Å². The van der Waals surface area contributed by atoms with Gasteiger partial charge in [-0.2, -0.15) is 10.2 Å². The number of nitrogens with zero attached hydrogens (tertiary/aromatic N) is 4. The van der Waals surface area contributed by atoms with E-state index in [9.17, 15) is 4.79 Å². The topological polar surface area (TPSA) is 59.6 Å². The summed E-state index contributed by atoms with van der Waals surface area (Å²) in [6, 6.07) is 8.23. The highest BCUT2D eigenvalue weighted by atomic mass is 35.5. The first-order valence-corrected chi connectivity index (χ1v) is 12.7. The second kappa shape index (κ2) is 14.6. The number of halogens is 2. The molecule has 1 heterocycles. The van der Waals surface area contributed by atoms with Crippen molar-refractivity contribution in [1.29, 1.82) is 0 Å². The van der Waals surface area contributed by atoms with Crippen molar-refractivity contribution in [3.8, 4) is 0 Å². The Morgan fingerprint density at radius 3 is 2.43 bits per heavy atom. The van der Waals surface area contributed by atoms with Crippen molar-refractivity contribution >= 4 is 40.8 Å². The van der Waals surface area contributed by atoms with Crippen molar-refractivity contribution in [2.75, 3.05) is 5.88 Å². The number of carbonyl (C=O) groups is 1. The van der Waals surface area contributed by atoms with Gasteiger partial charge >= 0.3 is 0 Å².